The molecule has 1 saturated carbocycles. The molecule has 1 aromatic carbocycles. The van der Waals surface area contributed by atoms with Crippen molar-refractivity contribution in [3.05, 3.63) is 47.8 Å². The van der Waals surface area contributed by atoms with Crippen LogP contribution in [0.2, 0.25) is 0 Å². The second-order valence-electron chi connectivity index (χ2n) is 5.81. The predicted molar refractivity (Wildman–Crippen MR) is 89.5 cm³/mol. The molecule has 1 fully saturated rings. The highest BCUT2D eigenvalue weighted by Crippen LogP contribution is 2.39. The minimum Gasteiger partial charge on any atom is -0.437 e. The average Bonchev–Trinajstić information content (AvgIpc) is 3.37. The molecule has 2 N–H and O–H groups in total. The fourth-order valence-corrected chi connectivity index (χ4v) is 2.40. The van der Waals surface area contributed by atoms with Crippen LogP contribution in [0.4, 0.5) is 11.8 Å². The largest absolute Gasteiger partial charge is 0.437 e. The van der Waals surface area contributed by atoms with E-state index in [0.717, 1.165) is 11.3 Å². The number of nitrogens with one attached hydrogen (secondary N) is 2. The first-order valence-corrected chi connectivity index (χ1v) is 7.96. The summed E-state index contributed by atoms with van der Waals surface area (Å²) in [5.41, 5.74) is 2.06. The van der Waals surface area contributed by atoms with Gasteiger partial charge in [0.15, 0.2) is 5.82 Å². The van der Waals surface area contributed by atoms with Crippen LogP contribution in [0.15, 0.2) is 36.5 Å². The monoisotopic (exact) mass is 333 g/mol. The number of benzene rings is 1. The van der Waals surface area contributed by atoms with Crippen molar-refractivity contribution in [3.8, 4) is 17.7 Å². The van der Waals surface area contributed by atoms with E-state index in [2.05, 4.69) is 36.8 Å². The van der Waals surface area contributed by atoms with Gasteiger partial charge in [0.05, 0.1) is 12.5 Å². The van der Waals surface area contributed by atoms with Crippen molar-refractivity contribution in [1.29, 1.82) is 5.26 Å². The fraction of sp³-hybridized carbons (Fsp3) is 0.235. The van der Waals surface area contributed by atoms with E-state index in [-0.39, 0.29) is 0 Å². The summed E-state index contributed by atoms with van der Waals surface area (Å²) in [5, 5.41) is 26.8. The third kappa shape index (κ3) is 3.72. The summed E-state index contributed by atoms with van der Waals surface area (Å²) >= 11 is 0. The second-order valence-corrected chi connectivity index (χ2v) is 5.81. The third-order valence-corrected chi connectivity index (χ3v) is 3.82. The van der Waals surface area contributed by atoms with Crippen molar-refractivity contribution in [1.82, 2.24) is 25.4 Å². The standard InChI is InChI=1S/C17H15N7O/c18-8-7-11-1-5-13(6-2-11)25-16-10-19-24-17(21-16)20-15-9-14(22-23-15)12-3-4-12/h1-2,5-6,9-10,12H,3-4,7H2,(H2,20,21,22,23,24). The smallest absolute Gasteiger partial charge is 0.251 e. The van der Waals surface area contributed by atoms with Crippen LogP contribution in [-0.4, -0.2) is 25.4 Å². The van der Waals surface area contributed by atoms with Gasteiger partial charge in [0.2, 0.25) is 5.88 Å². The van der Waals surface area contributed by atoms with E-state index in [0.29, 0.717) is 35.7 Å². The minimum atomic E-state index is 0.312. The lowest BCUT2D eigenvalue weighted by Crippen LogP contribution is -2.00. The number of nitrogens with zero attached hydrogens (tertiary/aromatic N) is 5. The van der Waals surface area contributed by atoms with Crippen molar-refractivity contribution >= 4 is 11.8 Å². The maximum Gasteiger partial charge on any atom is 0.251 e. The van der Waals surface area contributed by atoms with Crippen molar-refractivity contribution in [2.75, 3.05) is 5.32 Å². The van der Waals surface area contributed by atoms with Crippen LogP contribution < -0.4 is 10.1 Å². The van der Waals surface area contributed by atoms with Crippen LogP contribution >= 0.6 is 0 Å². The maximum atomic E-state index is 8.69. The Morgan fingerprint density at radius 2 is 2.12 bits per heavy atom. The molecule has 2 heterocycles. The zero-order valence-corrected chi connectivity index (χ0v) is 13.3. The topological polar surface area (TPSA) is 112 Å². The number of rotatable bonds is 6. The third-order valence-electron chi connectivity index (χ3n) is 3.82. The lowest BCUT2D eigenvalue weighted by atomic mass is 10.2. The molecule has 0 radical (unpaired) electrons. The van der Waals surface area contributed by atoms with Crippen LogP contribution in [0.1, 0.15) is 30.0 Å². The molecule has 0 unspecified atom stereocenters. The lowest BCUT2D eigenvalue weighted by molar-refractivity contribution is 0.458. The minimum absolute atomic E-state index is 0.312. The molecule has 0 saturated heterocycles. The number of hydrogen-bond acceptors (Lipinski definition) is 7. The number of H-pyrrole nitrogens is 1. The first-order valence-electron chi connectivity index (χ1n) is 7.96. The predicted octanol–water partition coefficient (Wildman–Crippen LogP) is 3.07. The summed E-state index contributed by atoms with van der Waals surface area (Å²) in [4.78, 5) is 4.28. The van der Waals surface area contributed by atoms with Gasteiger partial charge in [-0.3, -0.25) is 5.10 Å². The maximum absolute atomic E-state index is 8.69. The molecule has 124 valence electrons. The normalized spacial score (nSPS) is 13.2. The lowest BCUT2D eigenvalue weighted by Gasteiger charge is -2.06. The average molecular weight is 333 g/mol. The van der Waals surface area contributed by atoms with Gasteiger partial charge in [-0.15, -0.1) is 10.2 Å². The van der Waals surface area contributed by atoms with Gasteiger partial charge in [-0.2, -0.15) is 15.3 Å². The SMILES string of the molecule is N#CCc1ccc(Oc2cnnc(Nc3cc(C4CC4)[nH]n3)n2)cc1. The number of ether oxygens (including phenoxy) is 1. The number of aromatic nitrogens is 5. The van der Waals surface area contributed by atoms with Gasteiger partial charge in [0.25, 0.3) is 5.95 Å². The van der Waals surface area contributed by atoms with Gasteiger partial charge in [-0.25, -0.2) is 0 Å². The van der Waals surface area contributed by atoms with Gasteiger partial charge in [0.1, 0.15) is 11.9 Å². The molecular formula is C17H15N7O. The Morgan fingerprint density at radius 1 is 1.28 bits per heavy atom. The summed E-state index contributed by atoms with van der Waals surface area (Å²) in [7, 11) is 0. The molecule has 1 aliphatic carbocycles. The molecular weight excluding hydrogens is 318 g/mol. The summed E-state index contributed by atoms with van der Waals surface area (Å²) in [6.07, 6.45) is 4.22. The van der Waals surface area contributed by atoms with Crippen LogP contribution in [0, 0.1) is 11.3 Å². The van der Waals surface area contributed by atoms with Gasteiger partial charge < -0.3 is 10.1 Å². The van der Waals surface area contributed by atoms with E-state index < -0.39 is 0 Å². The molecule has 2 aromatic heterocycles. The van der Waals surface area contributed by atoms with E-state index in [1.807, 2.05) is 18.2 Å². The molecule has 0 amide bonds. The Morgan fingerprint density at radius 3 is 2.88 bits per heavy atom. The first kappa shape index (κ1) is 15.1. The molecule has 0 spiro atoms. The first-order chi connectivity index (χ1) is 12.3. The number of aromatic amines is 1. The van der Waals surface area contributed by atoms with Gasteiger partial charge in [0, 0.05) is 17.7 Å². The Bertz CT molecular complexity index is 909. The zero-order valence-electron chi connectivity index (χ0n) is 13.3. The molecule has 8 nitrogen and oxygen atoms in total. The van der Waals surface area contributed by atoms with Crippen molar-refractivity contribution < 1.29 is 4.74 Å². The van der Waals surface area contributed by atoms with Gasteiger partial charge >= 0.3 is 0 Å². The number of anilines is 2. The second kappa shape index (κ2) is 6.57. The zero-order chi connectivity index (χ0) is 17.1. The molecule has 0 aliphatic heterocycles. The van der Waals surface area contributed by atoms with E-state index in [9.17, 15) is 0 Å². The van der Waals surface area contributed by atoms with Crippen LogP contribution in [0.25, 0.3) is 0 Å². The van der Waals surface area contributed by atoms with E-state index >= 15 is 0 Å². The summed E-state index contributed by atoms with van der Waals surface area (Å²) < 4.78 is 5.68. The molecule has 0 atom stereocenters. The Labute approximate surface area is 143 Å². The number of hydrogen-bond donors (Lipinski definition) is 2. The number of nitriles is 1. The van der Waals surface area contributed by atoms with E-state index in [1.54, 1.807) is 12.1 Å². The highest BCUT2D eigenvalue weighted by molar-refractivity contribution is 5.48. The summed E-state index contributed by atoms with van der Waals surface area (Å²) in [6.45, 7) is 0. The van der Waals surface area contributed by atoms with Crippen molar-refractivity contribution in [3.63, 3.8) is 0 Å². The molecule has 0 bridgehead atoms. The van der Waals surface area contributed by atoms with E-state index in [1.165, 1.54) is 19.0 Å². The van der Waals surface area contributed by atoms with Crippen LogP contribution in [0.5, 0.6) is 11.6 Å². The summed E-state index contributed by atoms with van der Waals surface area (Å²) in [5.74, 6) is 2.50. The fourth-order valence-electron chi connectivity index (χ4n) is 2.40. The summed E-state index contributed by atoms with van der Waals surface area (Å²) in [6, 6.07) is 11.3. The quantitative estimate of drug-likeness (QED) is 0.712. The molecule has 3 aromatic rings. The Kier molecular flexibility index (Phi) is 3.96. The van der Waals surface area contributed by atoms with Crippen LogP contribution in [-0.2, 0) is 6.42 Å². The van der Waals surface area contributed by atoms with Crippen molar-refractivity contribution in [2.24, 2.45) is 0 Å². The highest BCUT2D eigenvalue weighted by Gasteiger charge is 2.25. The molecule has 4 rings (SSSR count). The van der Waals surface area contributed by atoms with Gasteiger partial charge in [-0.05, 0) is 30.5 Å². The molecule has 25 heavy (non-hydrogen) atoms. The Hall–Kier alpha value is -3.47. The van der Waals surface area contributed by atoms with Gasteiger partial charge in [-0.1, -0.05) is 12.1 Å². The Balaban J connectivity index is 1.44. The molecule has 1 aliphatic rings. The highest BCUT2D eigenvalue weighted by atomic mass is 16.5. The molecule has 8 heteroatoms. The van der Waals surface area contributed by atoms with Crippen molar-refractivity contribution in [2.45, 2.75) is 25.2 Å². The van der Waals surface area contributed by atoms with E-state index in [4.69, 9.17) is 10.00 Å². The van der Waals surface area contributed by atoms with Crippen LogP contribution in [0.3, 0.4) is 0 Å².